The molecule has 32 heavy (non-hydrogen) atoms. The molecule has 1 aliphatic heterocycles. The maximum atomic E-state index is 13.1. The third kappa shape index (κ3) is 4.12. The third-order valence-electron chi connectivity index (χ3n) is 5.46. The van der Waals surface area contributed by atoms with Crippen LogP contribution in [0.1, 0.15) is 30.5 Å². The number of likely N-dealkylation sites (tertiary alicyclic amines) is 1. The van der Waals surface area contributed by atoms with Crippen molar-refractivity contribution >= 4 is 34.7 Å². The third-order valence-corrected chi connectivity index (χ3v) is 5.75. The number of ketones is 1. The number of aliphatic hydroxyl groups is 1. The summed E-state index contributed by atoms with van der Waals surface area (Å²) in [6.45, 7) is 2.31. The number of ether oxygens (including phenoxy) is 2. The molecule has 3 rings (SSSR count). The molecule has 1 unspecified atom stereocenters. The quantitative estimate of drug-likeness (QED) is 0.379. The van der Waals surface area contributed by atoms with Crippen LogP contribution in [-0.4, -0.2) is 56.6 Å². The van der Waals surface area contributed by atoms with Crippen LogP contribution in [0.15, 0.2) is 42.0 Å². The molecule has 0 aromatic heterocycles. The zero-order valence-corrected chi connectivity index (χ0v) is 19.6. The van der Waals surface area contributed by atoms with Crippen LogP contribution in [0.2, 0.25) is 5.02 Å². The highest BCUT2D eigenvalue weighted by atomic mass is 35.5. The van der Waals surface area contributed by atoms with Gasteiger partial charge in [0.15, 0.2) is 0 Å². The molecule has 2 aromatic carbocycles. The van der Waals surface area contributed by atoms with Gasteiger partial charge in [0, 0.05) is 32.4 Å². The van der Waals surface area contributed by atoms with Gasteiger partial charge in [-0.1, -0.05) is 30.7 Å². The Balaban J connectivity index is 2.23. The second-order valence-electron chi connectivity index (χ2n) is 7.67. The number of carbonyl (C=O) groups excluding carboxylic acids is 2. The Labute approximate surface area is 192 Å². The van der Waals surface area contributed by atoms with Crippen LogP contribution in [0.5, 0.6) is 11.5 Å². The van der Waals surface area contributed by atoms with Gasteiger partial charge in [-0.3, -0.25) is 9.59 Å². The number of Topliss-reactive ketones (excluding diaryl/α,β-unsaturated/α-hetero) is 1. The second-order valence-corrected chi connectivity index (χ2v) is 8.07. The van der Waals surface area contributed by atoms with Gasteiger partial charge in [-0.05, 0) is 30.2 Å². The van der Waals surface area contributed by atoms with E-state index in [1.54, 1.807) is 0 Å². The largest absolute Gasteiger partial charge is 0.507 e. The van der Waals surface area contributed by atoms with E-state index in [-0.39, 0.29) is 27.7 Å². The molecule has 1 aliphatic rings. The van der Waals surface area contributed by atoms with Gasteiger partial charge in [0.1, 0.15) is 17.3 Å². The minimum Gasteiger partial charge on any atom is -0.507 e. The minimum atomic E-state index is -0.744. The number of aliphatic hydroxyl groups excluding tert-OH is 1. The predicted octanol–water partition coefficient (Wildman–Crippen LogP) is 4.25. The lowest BCUT2D eigenvalue weighted by Crippen LogP contribution is -2.30. The molecule has 8 heteroatoms. The number of benzene rings is 2. The van der Waals surface area contributed by atoms with E-state index < -0.39 is 17.7 Å². The Morgan fingerprint density at radius 1 is 1.09 bits per heavy atom. The van der Waals surface area contributed by atoms with Gasteiger partial charge in [-0.15, -0.1) is 0 Å². The summed E-state index contributed by atoms with van der Waals surface area (Å²) in [7, 11) is 6.76. The number of hydrogen-bond acceptors (Lipinski definition) is 6. The highest BCUT2D eigenvalue weighted by Crippen LogP contribution is 2.43. The van der Waals surface area contributed by atoms with Crippen LogP contribution in [-0.2, 0) is 9.59 Å². The van der Waals surface area contributed by atoms with Crippen LogP contribution in [0.4, 0.5) is 5.69 Å². The van der Waals surface area contributed by atoms with Crippen molar-refractivity contribution in [3.63, 3.8) is 0 Å². The van der Waals surface area contributed by atoms with Gasteiger partial charge in [0.25, 0.3) is 11.7 Å². The van der Waals surface area contributed by atoms with Gasteiger partial charge >= 0.3 is 0 Å². The molecule has 0 saturated carbocycles. The number of amides is 1. The van der Waals surface area contributed by atoms with Crippen molar-refractivity contribution < 1.29 is 24.2 Å². The lowest BCUT2D eigenvalue weighted by atomic mass is 9.94. The Kier molecular flexibility index (Phi) is 6.99. The van der Waals surface area contributed by atoms with Crippen molar-refractivity contribution in [1.82, 2.24) is 4.90 Å². The Hall–Kier alpha value is -3.19. The highest BCUT2D eigenvalue weighted by molar-refractivity contribution is 6.46. The van der Waals surface area contributed by atoms with E-state index in [1.165, 1.54) is 31.3 Å². The summed E-state index contributed by atoms with van der Waals surface area (Å²) >= 11 is 6.27. The number of nitrogens with zero attached hydrogens (tertiary/aromatic N) is 2. The first-order chi connectivity index (χ1) is 15.2. The second kappa shape index (κ2) is 9.53. The normalized spacial score (nSPS) is 17.6. The molecule has 7 nitrogen and oxygen atoms in total. The molecule has 170 valence electrons. The number of methoxy groups -OCH3 is 2. The molecule has 0 aliphatic carbocycles. The van der Waals surface area contributed by atoms with Crippen molar-refractivity contribution in [1.29, 1.82) is 0 Å². The van der Waals surface area contributed by atoms with E-state index in [2.05, 4.69) is 0 Å². The summed E-state index contributed by atoms with van der Waals surface area (Å²) in [6, 6.07) is 9.81. The molecule has 0 radical (unpaired) electrons. The van der Waals surface area contributed by atoms with E-state index in [0.717, 1.165) is 11.3 Å². The summed E-state index contributed by atoms with van der Waals surface area (Å²) < 4.78 is 10.6. The van der Waals surface area contributed by atoms with E-state index in [0.29, 0.717) is 18.7 Å². The van der Waals surface area contributed by atoms with Crippen LogP contribution in [0.25, 0.3) is 5.76 Å². The Morgan fingerprint density at radius 3 is 2.25 bits per heavy atom. The number of rotatable bonds is 7. The molecule has 1 saturated heterocycles. The van der Waals surface area contributed by atoms with Gasteiger partial charge in [-0.2, -0.15) is 0 Å². The zero-order valence-electron chi connectivity index (χ0n) is 18.8. The predicted molar refractivity (Wildman–Crippen MR) is 125 cm³/mol. The molecular formula is C24H27ClN2O5. The molecule has 1 amide bonds. The van der Waals surface area contributed by atoms with Crippen molar-refractivity contribution in [2.24, 2.45) is 0 Å². The monoisotopic (exact) mass is 458 g/mol. The van der Waals surface area contributed by atoms with Crippen molar-refractivity contribution in [2.45, 2.75) is 19.4 Å². The van der Waals surface area contributed by atoms with E-state index in [4.69, 9.17) is 21.1 Å². The number of anilines is 1. The molecular weight excluding hydrogens is 432 g/mol. The fraction of sp³-hybridized carbons (Fsp3) is 0.333. The van der Waals surface area contributed by atoms with Crippen LogP contribution in [0.3, 0.4) is 0 Å². The van der Waals surface area contributed by atoms with Crippen LogP contribution < -0.4 is 14.4 Å². The molecule has 0 spiro atoms. The molecule has 0 bridgehead atoms. The summed E-state index contributed by atoms with van der Waals surface area (Å²) in [5.74, 6) is -1.10. The first-order valence-corrected chi connectivity index (χ1v) is 10.6. The van der Waals surface area contributed by atoms with Crippen molar-refractivity contribution in [3.8, 4) is 11.5 Å². The summed E-state index contributed by atoms with van der Waals surface area (Å²) in [4.78, 5) is 29.4. The van der Waals surface area contributed by atoms with Crippen LogP contribution >= 0.6 is 11.6 Å². The fourth-order valence-electron chi connectivity index (χ4n) is 3.84. The summed E-state index contributed by atoms with van der Waals surface area (Å²) in [5, 5.41) is 11.5. The molecule has 2 aromatic rings. The van der Waals surface area contributed by atoms with Crippen molar-refractivity contribution in [3.05, 3.63) is 58.1 Å². The van der Waals surface area contributed by atoms with E-state index >= 15 is 0 Å². The number of hydrogen-bond donors (Lipinski definition) is 1. The number of halogens is 1. The minimum absolute atomic E-state index is 0.000543. The molecule has 1 atom stereocenters. The van der Waals surface area contributed by atoms with E-state index in [9.17, 15) is 14.7 Å². The average Bonchev–Trinajstić information content (AvgIpc) is 3.03. The first kappa shape index (κ1) is 23.5. The lowest BCUT2D eigenvalue weighted by Gasteiger charge is -2.25. The zero-order chi connectivity index (χ0) is 23.6. The van der Waals surface area contributed by atoms with Gasteiger partial charge in [-0.25, -0.2) is 0 Å². The maximum Gasteiger partial charge on any atom is 0.295 e. The Bertz CT molecular complexity index is 1060. The van der Waals surface area contributed by atoms with Gasteiger partial charge in [0.05, 0.1) is 36.4 Å². The number of carbonyl (C=O) groups is 2. The van der Waals surface area contributed by atoms with Gasteiger partial charge < -0.3 is 24.4 Å². The highest BCUT2D eigenvalue weighted by Gasteiger charge is 2.46. The molecule has 1 N–H and O–H groups in total. The molecule has 1 heterocycles. The SMILES string of the molecule is CCCN1C(=O)C(=O)/C(=C(/O)c2cc(Cl)c(OC)cc2OC)C1c1ccc(N(C)C)cc1. The van der Waals surface area contributed by atoms with E-state index in [1.807, 2.05) is 50.2 Å². The lowest BCUT2D eigenvalue weighted by molar-refractivity contribution is -0.139. The standard InChI is InChI=1S/C24H27ClN2O5/c1-6-11-27-21(14-7-9-15(10-8-14)26(2)3)20(23(29)24(27)30)22(28)16-12-17(25)19(32-5)13-18(16)31-4/h7-10,12-13,21,28H,6,11H2,1-5H3/b22-20+. The summed E-state index contributed by atoms with van der Waals surface area (Å²) in [5.41, 5.74) is 1.91. The topological polar surface area (TPSA) is 79.3 Å². The average molecular weight is 459 g/mol. The molecule has 1 fully saturated rings. The van der Waals surface area contributed by atoms with Crippen LogP contribution in [0, 0.1) is 0 Å². The Morgan fingerprint density at radius 2 is 1.72 bits per heavy atom. The first-order valence-electron chi connectivity index (χ1n) is 10.2. The summed E-state index contributed by atoms with van der Waals surface area (Å²) in [6.07, 6.45) is 0.664. The maximum absolute atomic E-state index is 13.1. The smallest absolute Gasteiger partial charge is 0.295 e. The van der Waals surface area contributed by atoms with Crippen molar-refractivity contribution in [2.75, 3.05) is 39.8 Å². The van der Waals surface area contributed by atoms with Gasteiger partial charge in [0.2, 0.25) is 0 Å². The fourth-order valence-corrected chi connectivity index (χ4v) is 4.08.